The minimum Gasteiger partial charge on any atom is -0.313 e. The smallest absolute Gasteiger partial charge is 0.192 e. The number of aryl methyl sites for hydroxylation is 1. The Bertz CT molecular complexity index is 511. The minimum absolute atomic E-state index is 0.800. The van der Waals surface area contributed by atoms with Gasteiger partial charge in [-0.3, -0.25) is 0 Å². The van der Waals surface area contributed by atoms with Crippen LogP contribution in [0.4, 0.5) is 0 Å². The summed E-state index contributed by atoms with van der Waals surface area (Å²) < 4.78 is 0. The molecule has 0 bridgehead atoms. The number of aromatic nitrogens is 2. The highest BCUT2D eigenvalue weighted by Gasteiger charge is 2.03. The zero-order chi connectivity index (χ0) is 13.5. The Balaban J connectivity index is 1.97. The van der Waals surface area contributed by atoms with E-state index in [1.165, 1.54) is 10.5 Å². The lowest BCUT2D eigenvalue weighted by Gasteiger charge is -2.05. The van der Waals surface area contributed by atoms with Gasteiger partial charge in [-0.05, 0) is 43.3 Å². The Kier molecular flexibility index (Phi) is 5.36. The van der Waals surface area contributed by atoms with Crippen molar-refractivity contribution < 1.29 is 0 Å². The zero-order valence-corrected chi connectivity index (χ0v) is 12.2. The summed E-state index contributed by atoms with van der Waals surface area (Å²) in [5, 5.41) is 4.14. The average molecular weight is 273 g/mol. The van der Waals surface area contributed by atoms with Crippen LogP contribution in [0.5, 0.6) is 0 Å². The van der Waals surface area contributed by atoms with Crippen molar-refractivity contribution in [1.82, 2.24) is 15.3 Å². The van der Waals surface area contributed by atoms with Crippen LogP contribution in [0.3, 0.4) is 0 Å². The van der Waals surface area contributed by atoms with Crippen LogP contribution in [0.1, 0.15) is 24.5 Å². The lowest BCUT2D eigenvalue weighted by molar-refractivity contribution is 0.669. The molecule has 2 aromatic rings. The van der Waals surface area contributed by atoms with Crippen LogP contribution >= 0.6 is 11.8 Å². The summed E-state index contributed by atoms with van der Waals surface area (Å²) in [5.74, 6) is 0. The van der Waals surface area contributed by atoms with Gasteiger partial charge in [0, 0.05) is 29.4 Å². The van der Waals surface area contributed by atoms with Gasteiger partial charge < -0.3 is 5.32 Å². The molecule has 0 aliphatic heterocycles. The molecule has 0 atom stereocenters. The second kappa shape index (κ2) is 7.26. The molecule has 2 rings (SSSR count). The van der Waals surface area contributed by atoms with Crippen molar-refractivity contribution in [1.29, 1.82) is 0 Å². The van der Waals surface area contributed by atoms with Gasteiger partial charge >= 0.3 is 0 Å². The lowest BCUT2D eigenvalue weighted by Crippen LogP contribution is -2.14. The molecule has 0 amide bonds. The molecule has 0 radical (unpaired) electrons. The molecule has 1 aromatic heterocycles. The highest BCUT2D eigenvalue weighted by molar-refractivity contribution is 7.99. The Morgan fingerprint density at radius 3 is 2.58 bits per heavy atom. The average Bonchev–Trinajstić information content (AvgIpc) is 2.44. The highest BCUT2D eigenvalue weighted by atomic mass is 32.2. The molecule has 4 heteroatoms. The van der Waals surface area contributed by atoms with Crippen LogP contribution in [0.15, 0.2) is 46.7 Å². The Labute approximate surface area is 118 Å². The SMILES string of the molecule is CCCNCc1cnc(Sc2ccccc2C)nc1. The second-order valence-corrected chi connectivity index (χ2v) is 5.43. The maximum absolute atomic E-state index is 4.41. The zero-order valence-electron chi connectivity index (χ0n) is 11.4. The first-order valence-corrected chi connectivity index (χ1v) is 7.36. The van der Waals surface area contributed by atoms with Crippen LogP contribution in [-0.2, 0) is 6.54 Å². The normalized spacial score (nSPS) is 10.6. The standard InChI is InChI=1S/C15H19N3S/c1-3-8-16-9-13-10-17-15(18-11-13)19-14-7-5-4-6-12(14)2/h4-7,10-11,16H,3,8-9H2,1-2H3. The summed E-state index contributed by atoms with van der Waals surface area (Å²) in [7, 11) is 0. The first-order chi connectivity index (χ1) is 9.29. The van der Waals surface area contributed by atoms with Crippen LogP contribution < -0.4 is 5.32 Å². The van der Waals surface area contributed by atoms with Crippen LogP contribution in [0.2, 0.25) is 0 Å². The van der Waals surface area contributed by atoms with Crippen LogP contribution in [0, 0.1) is 6.92 Å². The summed E-state index contributed by atoms with van der Waals surface area (Å²) in [6.45, 7) is 6.12. The van der Waals surface area contributed by atoms with Crippen molar-refractivity contribution >= 4 is 11.8 Å². The van der Waals surface area contributed by atoms with Gasteiger partial charge in [0.1, 0.15) is 0 Å². The van der Waals surface area contributed by atoms with E-state index in [4.69, 9.17) is 0 Å². The fourth-order valence-corrected chi connectivity index (χ4v) is 2.45. The van der Waals surface area contributed by atoms with E-state index >= 15 is 0 Å². The Morgan fingerprint density at radius 2 is 1.89 bits per heavy atom. The Morgan fingerprint density at radius 1 is 1.16 bits per heavy atom. The van der Waals surface area contributed by atoms with Gasteiger partial charge in [0.05, 0.1) is 0 Å². The molecule has 0 aliphatic carbocycles. The fraction of sp³-hybridized carbons (Fsp3) is 0.333. The number of benzene rings is 1. The molecule has 0 spiro atoms. The van der Waals surface area contributed by atoms with E-state index in [1.54, 1.807) is 11.8 Å². The third kappa shape index (κ3) is 4.33. The predicted molar refractivity (Wildman–Crippen MR) is 79.3 cm³/mol. The van der Waals surface area contributed by atoms with Gasteiger partial charge in [0.2, 0.25) is 0 Å². The fourth-order valence-electron chi connectivity index (χ4n) is 1.67. The predicted octanol–water partition coefficient (Wildman–Crippen LogP) is 3.44. The molecule has 19 heavy (non-hydrogen) atoms. The maximum atomic E-state index is 4.41. The van der Waals surface area contributed by atoms with Crippen molar-refractivity contribution in [3.05, 3.63) is 47.8 Å². The number of nitrogens with one attached hydrogen (secondary N) is 1. The van der Waals surface area contributed by atoms with E-state index in [-0.39, 0.29) is 0 Å². The molecule has 0 unspecified atom stereocenters. The van der Waals surface area contributed by atoms with Crippen molar-refractivity contribution in [2.75, 3.05) is 6.54 Å². The minimum atomic E-state index is 0.800. The highest BCUT2D eigenvalue weighted by Crippen LogP contribution is 2.26. The van der Waals surface area contributed by atoms with Gasteiger partial charge in [0.25, 0.3) is 0 Å². The lowest BCUT2D eigenvalue weighted by atomic mass is 10.2. The summed E-state index contributed by atoms with van der Waals surface area (Å²) in [6.07, 6.45) is 4.94. The first kappa shape index (κ1) is 14.0. The molecule has 0 saturated carbocycles. The number of rotatable bonds is 6. The quantitative estimate of drug-likeness (QED) is 0.646. The summed E-state index contributed by atoms with van der Waals surface area (Å²) >= 11 is 1.61. The first-order valence-electron chi connectivity index (χ1n) is 6.54. The summed E-state index contributed by atoms with van der Waals surface area (Å²) in [6, 6.07) is 8.28. The van der Waals surface area contributed by atoms with E-state index < -0.39 is 0 Å². The van der Waals surface area contributed by atoms with E-state index in [2.05, 4.69) is 41.3 Å². The molecule has 1 N–H and O–H groups in total. The Hall–Kier alpha value is -1.39. The van der Waals surface area contributed by atoms with E-state index in [0.717, 1.165) is 30.2 Å². The van der Waals surface area contributed by atoms with Gasteiger partial charge in [-0.25, -0.2) is 9.97 Å². The van der Waals surface area contributed by atoms with Crippen LogP contribution in [0.25, 0.3) is 0 Å². The molecule has 3 nitrogen and oxygen atoms in total. The topological polar surface area (TPSA) is 37.8 Å². The van der Waals surface area contributed by atoms with Crippen molar-refractivity contribution in [3.8, 4) is 0 Å². The van der Waals surface area contributed by atoms with Crippen molar-refractivity contribution in [2.24, 2.45) is 0 Å². The third-order valence-corrected chi connectivity index (χ3v) is 3.80. The second-order valence-electron chi connectivity index (χ2n) is 4.42. The maximum Gasteiger partial charge on any atom is 0.192 e. The largest absolute Gasteiger partial charge is 0.313 e. The molecule has 0 saturated heterocycles. The summed E-state index contributed by atoms with van der Waals surface area (Å²) in [5.41, 5.74) is 2.38. The van der Waals surface area contributed by atoms with E-state index in [0.29, 0.717) is 0 Å². The molecule has 100 valence electrons. The molecular formula is C15H19N3S. The van der Waals surface area contributed by atoms with Gasteiger partial charge in [-0.2, -0.15) is 0 Å². The molecule has 0 fully saturated rings. The van der Waals surface area contributed by atoms with E-state index in [9.17, 15) is 0 Å². The number of nitrogens with zero attached hydrogens (tertiary/aromatic N) is 2. The van der Waals surface area contributed by atoms with Crippen LogP contribution in [-0.4, -0.2) is 16.5 Å². The van der Waals surface area contributed by atoms with E-state index in [1.807, 2.05) is 24.5 Å². The summed E-state index contributed by atoms with van der Waals surface area (Å²) in [4.78, 5) is 10.0. The van der Waals surface area contributed by atoms with Gasteiger partial charge in [-0.1, -0.05) is 25.1 Å². The number of hydrogen-bond donors (Lipinski definition) is 1. The monoisotopic (exact) mass is 273 g/mol. The van der Waals surface area contributed by atoms with Crippen molar-refractivity contribution in [2.45, 2.75) is 36.9 Å². The molecule has 1 aromatic carbocycles. The van der Waals surface area contributed by atoms with Gasteiger partial charge in [0.15, 0.2) is 5.16 Å². The third-order valence-electron chi connectivity index (χ3n) is 2.73. The molecular weight excluding hydrogens is 254 g/mol. The molecule has 1 heterocycles. The van der Waals surface area contributed by atoms with Gasteiger partial charge in [-0.15, -0.1) is 0 Å². The van der Waals surface area contributed by atoms with Crippen molar-refractivity contribution in [3.63, 3.8) is 0 Å². The number of hydrogen-bond acceptors (Lipinski definition) is 4. The molecule has 0 aliphatic rings.